The van der Waals surface area contributed by atoms with E-state index in [2.05, 4.69) is 20.5 Å². The molecule has 0 bridgehead atoms. The third-order valence-corrected chi connectivity index (χ3v) is 4.56. The average molecular weight is 386 g/mol. The molecule has 3 aromatic rings. The summed E-state index contributed by atoms with van der Waals surface area (Å²) in [5, 5.41) is 10.6. The molecular formula is C18H18N4O4S. The summed E-state index contributed by atoms with van der Waals surface area (Å²) in [6, 6.07) is 8.78. The zero-order valence-electron chi connectivity index (χ0n) is 15.0. The third-order valence-electron chi connectivity index (χ3n) is 3.63. The molecule has 0 saturated carbocycles. The fourth-order valence-corrected chi connectivity index (χ4v) is 2.90. The summed E-state index contributed by atoms with van der Waals surface area (Å²) in [6.07, 6.45) is 3.29. The number of pyridine rings is 1. The Morgan fingerprint density at radius 2 is 2.07 bits per heavy atom. The number of nitrogens with one attached hydrogen (secondary N) is 1. The number of anilines is 1. The fraction of sp³-hybridized carbons (Fsp3) is 0.222. The zero-order valence-corrected chi connectivity index (χ0v) is 15.8. The van der Waals surface area contributed by atoms with Crippen molar-refractivity contribution in [2.24, 2.45) is 0 Å². The Morgan fingerprint density at radius 1 is 1.22 bits per heavy atom. The van der Waals surface area contributed by atoms with Crippen LogP contribution in [0.15, 0.2) is 52.4 Å². The Hall–Kier alpha value is -3.07. The molecule has 0 aliphatic heterocycles. The van der Waals surface area contributed by atoms with Gasteiger partial charge in [-0.15, -0.1) is 10.2 Å². The molecular weight excluding hydrogens is 368 g/mol. The van der Waals surface area contributed by atoms with Gasteiger partial charge >= 0.3 is 0 Å². The Bertz CT molecular complexity index is 917. The van der Waals surface area contributed by atoms with Gasteiger partial charge in [0.15, 0.2) is 0 Å². The van der Waals surface area contributed by atoms with E-state index >= 15 is 0 Å². The highest BCUT2D eigenvalue weighted by Crippen LogP contribution is 2.31. The van der Waals surface area contributed by atoms with Crippen LogP contribution in [0.5, 0.6) is 11.5 Å². The van der Waals surface area contributed by atoms with Crippen LogP contribution in [0, 0.1) is 0 Å². The van der Waals surface area contributed by atoms with Crippen molar-refractivity contribution >= 4 is 23.4 Å². The Balaban J connectivity index is 1.67. The van der Waals surface area contributed by atoms with Crippen molar-refractivity contribution in [3.8, 4) is 23.0 Å². The van der Waals surface area contributed by atoms with Gasteiger partial charge in [0, 0.05) is 18.5 Å². The first kappa shape index (κ1) is 18.7. The number of hydrogen-bond donors (Lipinski definition) is 1. The number of methoxy groups -OCH3 is 2. The minimum atomic E-state index is -0.469. The highest BCUT2D eigenvalue weighted by atomic mass is 32.2. The molecule has 0 saturated heterocycles. The summed E-state index contributed by atoms with van der Waals surface area (Å²) in [4.78, 5) is 16.5. The summed E-state index contributed by atoms with van der Waals surface area (Å²) in [5.74, 6) is 1.28. The van der Waals surface area contributed by atoms with E-state index < -0.39 is 5.25 Å². The topological polar surface area (TPSA) is 99.4 Å². The number of ether oxygens (including phenoxy) is 2. The first-order valence-corrected chi connectivity index (χ1v) is 8.92. The highest BCUT2D eigenvalue weighted by Gasteiger charge is 2.20. The summed E-state index contributed by atoms with van der Waals surface area (Å²) >= 11 is 1.17. The molecule has 0 aliphatic rings. The lowest BCUT2D eigenvalue weighted by Gasteiger charge is -2.14. The minimum Gasteiger partial charge on any atom is -0.497 e. The summed E-state index contributed by atoms with van der Waals surface area (Å²) in [5.41, 5.74) is 1.24. The zero-order chi connectivity index (χ0) is 19.2. The number of thioether (sulfide) groups is 1. The van der Waals surface area contributed by atoms with Crippen molar-refractivity contribution in [2.75, 3.05) is 19.5 Å². The molecule has 9 heteroatoms. The van der Waals surface area contributed by atoms with Crippen LogP contribution in [0.4, 0.5) is 5.69 Å². The number of carbonyl (C=O) groups excluding carboxylic acids is 1. The van der Waals surface area contributed by atoms with Gasteiger partial charge in [-0.3, -0.25) is 9.78 Å². The SMILES string of the molecule is COc1ccc(OC)c(NC(=O)[C@H](C)Sc2nnc(-c3cccnc3)o2)c1. The molecule has 0 spiro atoms. The van der Waals surface area contributed by atoms with Crippen LogP contribution in [0.1, 0.15) is 6.92 Å². The number of rotatable bonds is 7. The number of hydrogen-bond acceptors (Lipinski definition) is 8. The Labute approximate surface area is 160 Å². The molecule has 140 valence electrons. The second kappa shape index (κ2) is 8.54. The number of amides is 1. The maximum absolute atomic E-state index is 12.5. The molecule has 27 heavy (non-hydrogen) atoms. The minimum absolute atomic E-state index is 0.229. The van der Waals surface area contributed by atoms with E-state index in [1.165, 1.54) is 18.9 Å². The average Bonchev–Trinajstić information content (AvgIpc) is 3.17. The van der Waals surface area contributed by atoms with E-state index in [9.17, 15) is 4.79 Å². The van der Waals surface area contributed by atoms with Gasteiger partial charge in [-0.2, -0.15) is 0 Å². The summed E-state index contributed by atoms with van der Waals surface area (Å²) in [7, 11) is 3.09. The van der Waals surface area contributed by atoms with Crippen LogP contribution < -0.4 is 14.8 Å². The van der Waals surface area contributed by atoms with Crippen molar-refractivity contribution in [2.45, 2.75) is 17.4 Å². The largest absolute Gasteiger partial charge is 0.497 e. The van der Waals surface area contributed by atoms with E-state index in [-0.39, 0.29) is 5.91 Å². The standard InChI is InChI=1S/C18H18N4O4S/c1-11(16(23)20-14-9-13(24-2)6-7-15(14)25-3)27-18-22-21-17(26-18)12-5-4-8-19-10-12/h4-11H,1-3H3,(H,20,23)/t11-/m0/s1. The number of aromatic nitrogens is 3. The predicted molar refractivity (Wildman–Crippen MR) is 101 cm³/mol. The molecule has 0 unspecified atom stereocenters. The lowest BCUT2D eigenvalue weighted by Crippen LogP contribution is -2.22. The summed E-state index contributed by atoms with van der Waals surface area (Å²) in [6.45, 7) is 1.75. The summed E-state index contributed by atoms with van der Waals surface area (Å²) < 4.78 is 16.1. The predicted octanol–water partition coefficient (Wildman–Crippen LogP) is 3.27. The molecule has 3 rings (SSSR count). The first-order valence-electron chi connectivity index (χ1n) is 8.04. The Kier molecular flexibility index (Phi) is 5.92. The number of nitrogens with zero attached hydrogens (tertiary/aromatic N) is 3. The smallest absolute Gasteiger partial charge is 0.277 e. The molecule has 0 aliphatic carbocycles. The van der Waals surface area contributed by atoms with Crippen LogP contribution in [0.25, 0.3) is 11.5 Å². The second-order valence-corrected chi connectivity index (χ2v) is 6.72. The highest BCUT2D eigenvalue weighted by molar-refractivity contribution is 8.00. The maximum Gasteiger partial charge on any atom is 0.277 e. The molecule has 2 heterocycles. The van der Waals surface area contributed by atoms with Crippen LogP contribution >= 0.6 is 11.8 Å². The fourth-order valence-electron chi connectivity index (χ4n) is 2.21. The van der Waals surface area contributed by atoms with Gasteiger partial charge in [-0.05, 0) is 31.2 Å². The lowest BCUT2D eigenvalue weighted by molar-refractivity contribution is -0.115. The van der Waals surface area contributed by atoms with Crippen molar-refractivity contribution < 1.29 is 18.7 Å². The van der Waals surface area contributed by atoms with Gasteiger partial charge in [0.2, 0.25) is 11.8 Å². The van der Waals surface area contributed by atoms with E-state index in [0.717, 1.165) is 5.56 Å². The van der Waals surface area contributed by atoms with Crippen molar-refractivity contribution in [1.29, 1.82) is 0 Å². The molecule has 1 N–H and O–H groups in total. The molecule has 2 aromatic heterocycles. The van der Waals surface area contributed by atoms with Crippen molar-refractivity contribution in [3.05, 3.63) is 42.7 Å². The van der Waals surface area contributed by atoms with E-state index in [1.54, 1.807) is 50.7 Å². The van der Waals surface area contributed by atoms with Crippen LogP contribution in [-0.4, -0.2) is 40.6 Å². The monoisotopic (exact) mass is 386 g/mol. The molecule has 0 fully saturated rings. The normalized spacial score (nSPS) is 11.7. The van der Waals surface area contributed by atoms with E-state index in [0.29, 0.717) is 28.3 Å². The van der Waals surface area contributed by atoms with Gasteiger partial charge in [0.1, 0.15) is 11.5 Å². The number of carbonyl (C=O) groups is 1. The van der Waals surface area contributed by atoms with Crippen LogP contribution in [0.3, 0.4) is 0 Å². The quantitative estimate of drug-likeness (QED) is 0.618. The Morgan fingerprint density at radius 3 is 2.78 bits per heavy atom. The van der Waals surface area contributed by atoms with Gasteiger partial charge in [0.25, 0.3) is 5.22 Å². The number of benzene rings is 1. The van der Waals surface area contributed by atoms with Crippen molar-refractivity contribution in [1.82, 2.24) is 15.2 Å². The molecule has 1 aromatic carbocycles. The van der Waals surface area contributed by atoms with Gasteiger partial charge in [-0.25, -0.2) is 0 Å². The van der Waals surface area contributed by atoms with Crippen LogP contribution in [-0.2, 0) is 4.79 Å². The molecule has 1 atom stereocenters. The lowest BCUT2D eigenvalue weighted by atomic mass is 10.2. The third kappa shape index (κ3) is 4.56. The van der Waals surface area contributed by atoms with Gasteiger partial charge in [0.05, 0.1) is 30.7 Å². The van der Waals surface area contributed by atoms with Crippen LogP contribution in [0.2, 0.25) is 0 Å². The maximum atomic E-state index is 12.5. The second-order valence-electron chi connectivity index (χ2n) is 5.43. The van der Waals surface area contributed by atoms with E-state index in [1.807, 2.05) is 6.07 Å². The first-order chi connectivity index (χ1) is 13.1. The van der Waals surface area contributed by atoms with E-state index in [4.69, 9.17) is 13.9 Å². The van der Waals surface area contributed by atoms with Gasteiger partial charge < -0.3 is 19.2 Å². The molecule has 0 radical (unpaired) electrons. The van der Waals surface area contributed by atoms with Gasteiger partial charge in [-0.1, -0.05) is 11.8 Å². The van der Waals surface area contributed by atoms with Crippen molar-refractivity contribution in [3.63, 3.8) is 0 Å². The molecule has 1 amide bonds. The molecule has 8 nitrogen and oxygen atoms in total.